The number of aliphatic hydroxyl groups is 1. The summed E-state index contributed by atoms with van der Waals surface area (Å²) in [5.74, 6) is -11.2. The number of rotatable bonds is 30. The average Bonchev–Trinajstić information content (AvgIpc) is 3.78. The first-order chi connectivity index (χ1) is 32.5. The zero-order chi connectivity index (χ0) is 52.0. The number of nitrogens with two attached hydrogens (primary N) is 3. The molecule has 0 aliphatic carbocycles. The minimum atomic E-state index is -1.75. The molecule has 1 aromatic carbocycles. The number of aliphatic hydroxyl groups excluding tert-OH is 1. The van der Waals surface area contributed by atoms with Gasteiger partial charge in [0, 0.05) is 19.4 Å². The number of aliphatic carboxylic acids is 2. The fourth-order valence-corrected chi connectivity index (χ4v) is 7.06. The molecule has 26 heteroatoms. The molecule has 1 saturated heterocycles. The third-order valence-electron chi connectivity index (χ3n) is 10.8. The summed E-state index contributed by atoms with van der Waals surface area (Å²) in [4.78, 5) is 143. The van der Waals surface area contributed by atoms with Gasteiger partial charge in [0.25, 0.3) is 0 Å². The van der Waals surface area contributed by atoms with Crippen molar-refractivity contribution < 1.29 is 73.2 Å². The summed E-state index contributed by atoms with van der Waals surface area (Å²) in [6, 6.07) is -5.44. The smallest absolute Gasteiger partial charge is 0.325 e. The molecule has 8 atom stereocenters. The lowest BCUT2D eigenvalue weighted by molar-refractivity contribution is -0.143. The van der Waals surface area contributed by atoms with Crippen LogP contribution in [0.4, 0.5) is 0 Å². The largest absolute Gasteiger partial charge is 0.508 e. The van der Waals surface area contributed by atoms with Crippen molar-refractivity contribution in [3.63, 3.8) is 0 Å². The number of phenols is 1. The average molecular weight is 978 g/mol. The molecule has 1 heterocycles. The number of carboxylic acids is 2. The molecule has 26 nitrogen and oxygen atoms in total. The highest BCUT2D eigenvalue weighted by molar-refractivity contribution is 5.98. The van der Waals surface area contributed by atoms with Crippen LogP contribution >= 0.6 is 0 Å². The maximum absolute atomic E-state index is 14.2. The number of hydrogen-bond acceptors (Lipinski definition) is 15. The zero-order valence-electron chi connectivity index (χ0n) is 38.9. The zero-order valence-corrected chi connectivity index (χ0v) is 38.9. The number of carboxylic acid groups (broad SMARTS) is 2. The molecule has 17 N–H and O–H groups in total. The lowest BCUT2D eigenvalue weighted by Gasteiger charge is -2.31. The lowest BCUT2D eigenvalue weighted by Crippen LogP contribution is -2.59. The van der Waals surface area contributed by atoms with Crippen LogP contribution in [-0.4, -0.2) is 165 Å². The highest BCUT2D eigenvalue weighted by Gasteiger charge is 2.40. The third kappa shape index (κ3) is 20.5. The number of phenolic OH excluding ortho intramolecular Hbond substituents is 1. The molecule has 9 amide bonds. The quantitative estimate of drug-likeness (QED) is 0.0322. The van der Waals surface area contributed by atoms with Crippen molar-refractivity contribution in [2.45, 2.75) is 133 Å². The van der Waals surface area contributed by atoms with E-state index in [-0.39, 0.29) is 63.3 Å². The van der Waals surface area contributed by atoms with Gasteiger partial charge in [0.1, 0.15) is 54.1 Å². The van der Waals surface area contributed by atoms with E-state index in [0.29, 0.717) is 24.8 Å². The summed E-state index contributed by atoms with van der Waals surface area (Å²) in [6.07, 6.45) is -0.566. The minimum Gasteiger partial charge on any atom is -0.508 e. The Morgan fingerprint density at radius 3 is 1.93 bits per heavy atom. The molecule has 0 saturated carbocycles. The van der Waals surface area contributed by atoms with Crippen LogP contribution in [0.15, 0.2) is 24.3 Å². The molecule has 1 fully saturated rings. The van der Waals surface area contributed by atoms with E-state index in [9.17, 15) is 73.2 Å². The van der Waals surface area contributed by atoms with E-state index in [0.717, 1.165) is 0 Å². The van der Waals surface area contributed by atoms with Crippen LogP contribution in [0.25, 0.3) is 0 Å². The molecule has 0 unspecified atom stereocenters. The monoisotopic (exact) mass is 977 g/mol. The number of amides is 9. The van der Waals surface area contributed by atoms with Crippen LogP contribution in [0.3, 0.4) is 0 Å². The highest BCUT2D eigenvalue weighted by atomic mass is 16.4. The van der Waals surface area contributed by atoms with Gasteiger partial charge < -0.3 is 79.7 Å². The third-order valence-corrected chi connectivity index (χ3v) is 10.8. The Morgan fingerprint density at radius 1 is 0.739 bits per heavy atom. The molecule has 0 radical (unpaired) electrons. The second-order valence-electron chi connectivity index (χ2n) is 17.0. The number of likely N-dealkylation sites (tertiary alicyclic amines) is 1. The van der Waals surface area contributed by atoms with Crippen LogP contribution < -0.4 is 54.4 Å². The molecule has 1 aliphatic heterocycles. The van der Waals surface area contributed by atoms with E-state index in [2.05, 4.69) is 37.2 Å². The highest BCUT2D eigenvalue weighted by Crippen LogP contribution is 2.21. The summed E-state index contributed by atoms with van der Waals surface area (Å²) >= 11 is 0. The van der Waals surface area contributed by atoms with Crippen LogP contribution in [0.5, 0.6) is 5.75 Å². The molecule has 69 heavy (non-hydrogen) atoms. The van der Waals surface area contributed by atoms with Crippen molar-refractivity contribution >= 4 is 65.1 Å². The second-order valence-corrected chi connectivity index (χ2v) is 17.0. The number of nitrogens with one attached hydrogen (secondary N) is 7. The molecule has 2 rings (SSSR count). The first-order valence-corrected chi connectivity index (χ1v) is 22.4. The standard InChI is InChI=1S/C43H67N11O15/c1-22(2)17-29(37(62)47-20-34(58)49-31(19-35(59)60)40(65)50-27(7-4-5-15-44)38(63)48-23(3)43(68)69)53-41(66)32-8-6-16-54(32)42(67)28(13-14-33(46)57)51-39(64)30(52-36(61)26(45)21-55)18-24-9-11-25(56)12-10-24/h9-12,22-23,26-32,55-56H,4-8,13-21,44-45H2,1-3H3,(H2,46,57)(H,47,62)(H,48,63)(H,49,58)(H,50,65)(H,51,64)(H,52,61)(H,53,66)(H,59,60)(H,68,69)/t23-,26-,27-,28-,29-,30-,31-,32-/m0/s1. The van der Waals surface area contributed by atoms with Gasteiger partial charge in [0.2, 0.25) is 53.2 Å². The minimum absolute atomic E-state index is 0.0000939. The van der Waals surface area contributed by atoms with E-state index in [1.54, 1.807) is 13.8 Å². The van der Waals surface area contributed by atoms with Gasteiger partial charge in [-0.15, -0.1) is 0 Å². The van der Waals surface area contributed by atoms with Crippen LogP contribution in [0, 0.1) is 5.92 Å². The molecule has 0 spiro atoms. The van der Waals surface area contributed by atoms with Gasteiger partial charge in [-0.3, -0.25) is 52.7 Å². The normalized spacial score (nSPS) is 16.3. The van der Waals surface area contributed by atoms with Gasteiger partial charge in [-0.05, 0) is 82.0 Å². The van der Waals surface area contributed by atoms with Gasteiger partial charge in [0.15, 0.2) is 0 Å². The van der Waals surface area contributed by atoms with Crippen LogP contribution in [0.2, 0.25) is 0 Å². The van der Waals surface area contributed by atoms with Crippen molar-refractivity contribution in [2.75, 3.05) is 26.2 Å². The van der Waals surface area contributed by atoms with E-state index >= 15 is 0 Å². The SMILES string of the molecule is CC(C)C[C@H](NC(=O)[C@@H]1CCCN1C(=O)[C@H](CCC(N)=O)NC(=O)[C@H](Cc1ccc(O)cc1)NC(=O)[C@@H](N)CO)C(=O)NCC(=O)N[C@@H](CC(=O)O)C(=O)N[C@@H](CCCCN)C(=O)N[C@@H](C)C(=O)O. The van der Waals surface area contributed by atoms with Crippen molar-refractivity contribution in [3.05, 3.63) is 29.8 Å². The number of benzene rings is 1. The topological polar surface area (TPSA) is 434 Å². The van der Waals surface area contributed by atoms with Gasteiger partial charge in [-0.25, -0.2) is 0 Å². The Hall–Kier alpha value is -6.93. The molecule has 1 aliphatic rings. The van der Waals surface area contributed by atoms with Crippen molar-refractivity contribution in [2.24, 2.45) is 23.1 Å². The number of primary amides is 1. The van der Waals surface area contributed by atoms with Gasteiger partial charge in [-0.2, -0.15) is 0 Å². The summed E-state index contributed by atoms with van der Waals surface area (Å²) in [5, 5.41) is 54.6. The van der Waals surface area contributed by atoms with Gasteiger partial charge >= 0.3 is 11.9 Å². The first kappa shape index (κ1) is 58.2. The Morgan fingerprint density at radius 2 is 1.35 bits per heavy atom. The summed E-state index contributed by atoms with van der Waals surface area (Å²) in [6.45, 7) is 3.40. The number of aromatic hydroxyl groups is 1. The van der Waals surface area contributed by atoms with Crippen molar-refractivity contribution in [1.29, 1.82) is 0 Å². The molecule has 384 valence electrons. The maximum Gasteiger partial charge on any atom is 0.325 e. The van der Waals surface area contributed by atoms with E-state index in [1.807, 2.05) is 0 Å². The molecule has 1 aromatic rings. The van der Waals surface area contributed by atoms with Crippen molar-refractivity contribution in [3.8, 4) is 5.75 Å². The Labute approximate surface area is 398 Å². The first-order valence-electron chi connectivity index (χ1n) is 22.4. The lowest BCUT2D eigenvalue weighted by atomic mass is 10.0. The number of carbonyl (C=O) groups is 11. The molecular formula is C43H67N11O15. The number of unbranched alkanes of at least 4 members (excludes halogenated alkanes) is 1. The van der Waals surface area contributed by atoms with Crippen LogP contribution in [-0.2, 0) is 59.2 Å². The Bertz CT molecular complexity index is 1990. The summed E-state index contributed by atoms with van der Waals surface area (Å²) in [5.41, 5.74) is 17.1. The number of carbonyl (C=O) groups excluding carboxylic acids is 9. The predicted molar refractivity (Wildman–Crippen MR) is 243 cm³/mol. The Kier molecular flexibility index (Phi) is 24.5. The van der Waals surface area contributed by atoms with E-state index in [1.165, 1.54) is 36.1 Å². The van der Waals surface area contributed by atoms with Crippen LogP contribution in [0.1, 0.15) is 84.1 Å². The molecule has 0 bridgehead atoms. The fraction of sp³-hybridized carbons (Fsp3) is 0.605. The second kappa shape index (κ2) is 29.1. The van der Waals surface area contributed by atoms with Gasteiger partial charge in [0.05, 0.1) is 19.6 Å². The summed E-state index contributed by atoms with van der Waals surface area (Å²) in [7, 11) is 0. The molecular weight excluding hydrogens is 911 g/mol. The van der Waals surface area contributed by atoms with Crippen molar-refractivity contribution in [1.82, 2.24) is 42.1 Å². The van der Waals surface area contributed by atoms with E-state index < -0.39 is 133 Å². The van der Waals surface area contributed by atoms with Gasteiger partial charge in [-0.1, -0.05) is 26.0 Å². The van der Waals surface area contributed by atoms with E-state index in [4.69, 9.17) is 17.2 Å². The predicted octanol–water partition coefficient (Wildman–Crippen LogP) is -4.71. The number of hydrogen-bond donors (Lipinski definition) is 14. The summed E-state index contributed by atoms with van der Waals surface area (Å²) < 4.78 is 0. The molecule has 0 aromatic heterocycles. The Balaban J connectivity index is 2.24. The number of nitrogens with zero attached hydrogens (tertiary/aromatic N) is 1. The fourth-order valence-electron chi connectivity index (χ4n) is 7.06. The maximum atomic E-state index is 14.2.